The second kappa shape index (κ2) is 9.91. The highest BCUT2D eigenvalue weighted by Gasteiger charge is 2.23. The van der Waals surface area contributed by atoms with E-state index in [-0.39, 0.29) is 12.6 Å². The van der Waals surface area contributed by atoms with Crippen molar-refractivity contribution < 1.29 is 9.53 Å². The second-order valence-electron chi connectivity index (χ2n) is 7.73. The first kappa shape index (κ1) is 24.1. The van der Waals surface area contributed by atoms with Crippen LogP contribution in [0.4, 0.5) is 11.6 Å². The van der Waals surface area contributed by atoms with E-state index in [1.807, 2.05) is 33.8 Å². The van der Waals surface area contributed by atoms with Gasteiger partial charge in [0.2, 0.25) is 5.91 Å². The van der Waals surface area contributed by atoms with Crippen LogP contribution in [-0.4, -0.2) is 32.3 Å². The largest absolute Gasteiger partial charge is 0.493 e. The number of rotatable bonds is 9. The van der Waals surface area contributed by atoms with E-state index < -0.39 is 5.91 Å². The number of allylic oxidation sites excluding steroid dienone is 1. The molecular formula is C23H28ClN7O2. The lowest BCUT2D eigenvalue weighted by atomic mass is 9.95. The van der Waals surface area contributed by atoms with Crippen LogP contribution in [0.3, 0.4) is 0 Å². The third-order valence-electron chi connectivity index (χ3n) is 5.16. The van der Waals surface area contributed by atoms with Gasteiger partial charge in [0.1, 0.15) is 30.3 Å². The lowest BCUT2D eigenvalue weighted by Gasteiger charge is -2.24. The van der Waals surface area contributed by atoms with Gasteiger partial charge >= 0.3 is 0 Å². The summed E-state index contributed by atoms with van der Waals surface area (Å²) in [6, 6.07) is 1.62. The Bertz CT molecular complexity index is 1210. The van der Waals surface area contributed by atoms with Crippen molar-refractivity contribution in [2.45, 2.75) is 40.3 Å². The van der Waals surface area contributed by atoms with E-state index in [1.54, 1.807) is 12.4 Å². The quantitative estimate of drug-likeness (QED) is 0.431. The minimum absolute atomic E-state index is 0.0206. The summed E-state index contributed by atoms with van der Waals surface area (Å²) in [6.07, 6.45) is 4.81. The van der Waals surface area contributed by atoms with Crippen LogP contribution in [0.2, 0.25) is 5.02 Å². The summed E-state index contributed by atoms with van der Waals surface area (Å²) in [4.78, 5) is 19.7. The number of carbonyl (C=O) groups excluding carboxylic acids is 1. The maximum atomic E-state index is 11.3. The van der Waals surface area contributed by atoms with Gasteiger partial charge < -0.3 is 21.5 Å². The van der Waals surface area contributed by atoms with Crippen LogP contribution in [0, 0.1) is 6.92 Å². The molecule has 5 N–H and O–H groups in total. The number of anilines is 2. The first-order valence-electron chi connectivity index (χ1n) is 10.4. The van der Waals surface area contributed by atoms with Gasteiger partial charge in [-0.1, -0.05) is 18.2 Å². The molecule has 174 valence electrons. The van der Waals surface area contributed by atoms with E-state index in [4.69, 9.17) is 27.8 Å². The standard InChI is InChI=1S/C23H28ClN7O2/c1-6-33-21-16(14(5)30-23-19(12(2)3)22(26)27-11-28-23)7-17(24)13(4)20(21)15-8-29-31(9-15)10-18(25)32/h7-9,11,14H,2,6,10H2,1,3-5H3,(H2,25,32)(H3,26,27,28,30). The van der Waals surface area contributed by atoms with Crippen LogP contribution in [0.5, 0.6) is 5.75 Å². The molecule has 0 spiro atoms. The van der Waals surface area contributed by atoms with E-state index in [0.29, 0.717) is 34.6 Å². The molecular weight excluding hydrogens is 442 g/mol. The molecule has 33 heavy (non-hydrogen) atoms. The number of nitrogen functional groups attached to an aromatic ring is 1. The molecule has 0 radical (unpaired) electrons. The number of hydrogen-bond acceptors (Lipinski definition) is 7. The van der Waals surface area contributed by atoms with Crippen LogP contribution >= 0.6 is 11.6 Å². The van der Waals surface area contributed by atoms with Gasteiger partial charge in [-0.05, 0) is 44.9 Å². The van der Waals surface area contributed by atoms with E-state index in [2.05, 4.69) is 27.0 Å². The number of nitrogens with two attached hydrogens (primary N) is 2. The third-order valence-corrected chi connectivity index (χ3v) is 5.55. The Labute approximate surface area is 197 Å². The van der Waals surface area contributed by atoms with Crippen LogP contribution < -0.4 is 21.5 Å². The highest BCUT2D eigenvalue weighted by molar-refractivity contribution is 6.32. The molecule has 1 amide bonds. The second-order valence-corrected chi connectivity index (χ2v) is 8.14. The summed E-state index contributed by atoms with van der Waals surface area (Å²) < 4.78 is 7.59. The van der Waals surface area contributed by atoms with Crippen LogP contribution in [0.15, 0.2) is 31.4 Å². The smallest absolute Gasteiger partial charge is 0.239 e. The van der Waals surface area contributed by atoms with Crippen molar-refractivity contribution in [2.24, 2.45) is 5.73 Å². The zero-order valence-corrected chi connectivity index (χ0v) is 19.9. The molecule has 0 bridgehead atoms. The van der Waals surface area contributed by atoms with Crippen LogP contribution in [0.1, 0.15) is 43.5 Å². The zero-order chi connectivity index (χ0) is 24.3. The van der Waals surface area contributed by atoms with Crippen molar-refractivity contribution in [3.63, 3.8) is 0 Å². The van der Waals surface area contributed by atoms with Gasteiger partial charge in [-0.3, -0.25) is 9.48 Å². The van der Waals surface area contributed by atoms with E-state index in [9.17, 15) is 4.79 Å². The topological polar surface area (TPSA) is 134 Å². The van der Waals surface area contributed by atoms with Crippen LogP contribution in [0.25, 0.3) is 16.7 Å². The molecule has 3 aromatic rings. The fourth-order valence-corrected chi connectivity index (χ4v) is 3.88. The van der Waals surface area contributed by atoms with Gasteiger partial charge in [0.15, 0.2) is 0 Å². The van der Waals surface area contributed by atoms with Crippen molar-refractivity contribution in [3.8, 4) is 16.9 Å². The number of ether oxygens (including phenoxy) is 1. The fourth-order valence-electron chi connectivity index (χ4n) is 3.66. The zero-order valence-electron chi connectivity index (χ0n) is 19.1. The number of benzene rings is 1. The summed E-state index contributed by atoms with van der Waals surface area (Å²) in [5.74, 6) is 1.10. The number of nitrogens with zero attached hydrogens (tertiary/aromatic N) is 4. The lowest BCUT2D eigenvalue weighted by Crippen LogP contribution is -2.18. The summed E-state index contributed by atoms with van der Waals surface area (Å²) in [5.41, 5.74) is 16.0. The Balaban J connectivity index is 2.11. The monoisotopic (exact) mass is 469 g/mol. The Morgan fingerprint density at radius 2 is 2.12 bits per heavy atom. The minimum Gasteiger partial charge on any atom is -0.493 e. The lowest BCUT2D eigenvalue weighted by molar-refractivity contribution is -0.118. The molecule has 10 heteroatoms. The van der Waals surface area contributed by atoms with E-state index in [0.717, 1.165) is 27.8 Å². The van der Waals surface area contributed by atoms with Gasteiger partial charge in [0, 0.05) is 27.9 Å². The van der Waals surface area contributed by atoms with Gasteiger partial charge in [0.05, 0.1) is 24.4 Å². The predicted octanol–water partition coefficient (Wildman–Crippen LogP) is 3.97. The van der Waals surface area contributed by atoms with E-state index in [1.165, 1.54) is 11.0 Å². The van der Waals surface area contributed by atoms with Crippen molar-refractivity contribution in [1.82, 2.24) is 19.7 Å². The third kappa shape index (κ3) is 5.09. The summed E-state index contributed by atoms with van der Waals surface area (Å²) in [7, 11) is 0. The highest BCUT2D eigenvalue weighted by Crippen LogP contribution is 2.43. The van der Waals surface area contributed by atoms with Crippen molar-refractivity contribution in [1.29, 1.82) is 0 Å². The molecule has 1 unspecified atom stereocenters. The molecule has 1 aromatic carbocycles. The van der Waals surface area contributed by atoms with Crippen molar-refractivity contribution >= 4 is 34.7 Å². The van der Waals surface area contributed by atoms with Gasteiger partial charge in [-0.2, -0.15) is 5.10 Å². The molecule has 1 atom stereocenters. The maximum Gasteiger partial charge on any atom is 0.239 e. The molecule has 0 fully saturated rings. The van der Waals surface area contributed by atoms with Crippen molar-refractivity contribution in [2.75, 3.05) is 17.7 Å². The Morgan fingerprint density at radius 1 is 1.39 bits per heavy atom. The summed E-state index contributed by atoms with van der Waals surface area (Å²) in [6.45, 7) is 12.1. The van der Waals surface area contributed by atoms with Crippen molar-refractivity contribution in [3.05, 3.63) is 53.1 Å². The summed E-state index contributed by atoms with van der Waals surface area (Å²) >= 11 is 6.64. The Kier molecular flexibility index (Phi) is 7.23. The number of halogens is 1. The fraction of sp³-hybridized carbons (Fsp3) is 0.304. The van der Waals surface area contributed by atoms with Crippen LogP contribution in [-0.2, 0) is 11.3 Å². The Hall–Kier alpha value is -3.59. The first-order valence-corrected chi connectivity index (χ1v) is 10.8. The molecule has 0 aliphatic rings. The number of aromatic nitrogens is 4. The van der Waals surface area contributed by atoms with E-state index >= 15 is 0 Å². The molecule has 0 saturated heterocycles. The number of primary amides is 1. The highest BCUT2D eigenvalue weighted by atomic mass is 35.5. The molecule has 2 heterocycles. The average molecular weight is 470 g/mol. The SMILES string of the molecule is C=C(C)c1c(N)ncnc1NC(C)c1cc(Cl)c(C)c(-c2cnn(CC(N)=O)c2)c1OCC. The molecule has 2 aromatic heterocycles. The molecule has 0 aliphatic heterocycles. The Morgan fingerprint density at radius 3 is 2.76 bits per heavy atom. The number of hydrogen-bond donors (Lipinski definition) is 3. The predicted molar refractivity (Wildman–Crippen MR) is 131 cm³/mol. The molecule has 9 nitrogen and oxygen atoms in total. The van der Waals surface area contributed by atoms with Gasteiger partial charge in [0.25, 0.3) is 0 Å². The maximum absolute atomic E-state index is 11.3. The van der Waals surface area contributed by atoms with Gasteiger partial charge in [-0.15, -0.1) is 0 Å². The first-order chi connectivity index (χ1) is 15.6. The number of nitrogens with one attached hydrogen (secondary N) is 1. The summed E-state index contributed by atoms with van der Waals surface area (Å²) in [5, 5.41) is 8.21. The minimum atomic E-state index is -0.478. The molecule has 3 rings (SSSR count). The average Bonchev–Trinajstić information content (AvgIpc) is 3.17. The number of amides is 1. The normalized spacial score (nSPS) is 11.8. The van der Waals surface area contributed by atoms with Gasteiger partial charge in [-0.25, -0.2) is 9.97 Å². The number of carbonyl (C=O) groups is 1. The molecule has 0 saturated carbocycles. The molecule has 0 aliphatic carbocycles.